The molecule has 1 amide bonds. The summed E-state index contributed by atoms with van der Waals surface area (Å²) in [6.07, 6.45) is 0. The molecule has 28 heavy (non-hydrogen) atoms. The summed E-state index contributed by atoms with van der Waals surface area (Å²) < 4.78 is 16.5. The van der Waals surface area contributed by atoms with Crippen LogP contribution >= 0.6 is 0 Å². The van der Waals surface area contributed by atoms with Gasteiger partial charge in [0.1, 0.15) is 17.9 Å². The summed E-state index contributed by atoms with van der Waals surface area (Å²) in [6.45, 7) is 2.91. The van der Waals surface area contributed by atoms with E-state index >= 15 is 0 Å². The normalized spacial score (nSPS) is 11.1. The van der Waals surface area contributed by atoms with Crippen LogP contribution < -0.4 is 10.1 Å². The average Bonchev–Trinajstić information content (AvgIpc) is 3.07. The van der Waals surface area contributed by atoms with Crippen molar-refractivity contribution < 1.29 is 18.7 Å². The zero-order valence-electron chi connectivity index (χ0n) is 15.8. The Labute approximate surface area is 162 Å². The van der Waals surface area contributed by atoms with Crippen LogP contribution in [0.2, 0.25) is 0 Å². The molecule has 0 bridgehead atoms. The maximum absolute atomic E-state index is 12.8. The Morgan fingerprint density at radius 1 is 0.964 bits per heavy atom. The summed E-state index contributed by atoms with van der Waals surface area (Å²) in [5.74, 6) is 0.777. The Balaban J connectivity index is 1.57. The lowest BCUT2D eigenvalue weighted by atomic mass is 10.1. The third kappa shape index (κ3) is 3.44. The van der Waals surface area contributed by atoms with Crippen molar-refractivity contribution in [1.29, 1.82) is 0 Å². The molecular formula is C23H21NO4. The van der Waals surface area contributed by atoms with Crippen LogP contribution in [0.4, 0.5) is 5.69 Å². The molecule has 5 nitrogen and oxygen atoms in total. The first-order chi connectivity index (χ1) is 13.7. The molecule has 0 unspecified atom stereocenters. The molecule has 1 heterocycles. The number of furan rings is 1. The molecule has 0 aliphatic carbocycles. The highest BCUT2D eigenvalue weighted by molar-refractivity contribution is 6.11. The number of fused-ring (bicyclic) bond motifs is 3. The second kappa shape index (κ2) is 7.74. The Bertz CT molecular complexity index is 1130. The largest absolute Gasteiger partial charge is 0.491 e. The van der Waals surface area contributed by atoms with Gasteiger partial charge in [0.05, 0.1) is 6.61 Å². The highest BCUT2D eigenvalue weighted by atomic mass is 16.5. The van der Waals surface area contributed by atoms with Gasteiger partial charge in [0.2, 0.25) is 0 Å². The van der Waals surface area contributed by atoms with E-state index in [0.717, 1.165) is 33.1 Å². The predicted octanol–water partition coefficient (Wildman–Crippen LogP) is 5.17. The Morgan fingerprint density at radius 2 is 1.75 bits per heavy atom. The first-order valence-corrected chi connectivity index (χ1v) is 9.11. The number of aryl methyl sites for hydroxylation is 1. The van der Waals surface area contributed by atoms with Crippen LogP contribution in [0.25, 0.3) is 21.7 Å². The van der Waals surface area contributed by atoms with Crippen LogP contribution in [-0.2, 0) is 4.74 Å². The topological polar surface area (TPSA) is 60.7 Å². The Kier molecular flexibility index (Phi) is 5.00. The maximum Gasteiger partial charge on any atom is 0.291 e. The number of methoxy groups -OCH3 is 1. The number of rotatable bonds is 6. The van der Waals surface area contributed by atoms with Crippen molar-refractivity contribution >= 4 is 33.3 Å². The van der Waals surface area contributed by atoms with Crippen molar-refractivity contribution in [2.75, 3.05) is 25.6 Å². The van der Waals surface area contributed by atoms with Crippen molar-refractivity contribution in [3.8, 4) is 5.75 Å². The summed E-state index contributed by atoms with van der Waals surface area (Å²) in [4.78, 5) is 12.8. The number of hydrogen-bond donors (Lipinski definition) is 1. The van der Waals surface area contributed by atoms with Crippen molar-refractivity contribution in [2.45, 2.75) is 6.92 Å². The van der Waals surface area contributed by atoms with Crippen LogP contribution in [0.15, 0.2) is 65.1 Å². The SMILES string of the molecule is COCCOc1ccc(NC(=O)c2oc3c(ccc4ccccc43)c2C)cc1. The lowest BCUT2D eigenvalue weighted by molar-refractivity contribution is 0.0998. The van der Waals surface area contributed by atoms with Crippen molar-refractivity contribution in [1.82, 2.24) is 0 Å². The number of carbonyl (C=O) groups excluding carboxylic acids is 1. The fraction of sp³-hybridized carbons (Fsp3) is 0.174. The summed E-state index contributed by atoms with van der Waals surface area (Å²) in [7, 11) is 1.63. The summed E-state index contributed by atoms with van der Waals surface area (Å²) in [5, 5.41) is 5.92. The molecule has 4 rings (SSSR count). The quantitative estimate of drug-likeness (QED) is 0.472. The van der Waals surface area contributed by atoms with Crippen molar-refractivity contribution in [3.05, 3.63) is 72.0 Å². The third-order valence-electron chi connectivity index (χ3n) is 4.70. The third-order valence-corrected chi connectivity index (χ3v) is 4.70. The number of carbonyl (C=O) groups is 1. The van der Waals surface area contributed by atoms with E-state index in [9.17, 15) is 4.79 Å². The minimum absolute atomic E-state index is 0.272. The second-order valence-electron chi connectivity index (χ2n) is 6.54. The van der Waals surface area contributed by atoms with Gasteiger partial charge in [-0.25, -0.2) is 0 Å². The van der Waals surface area contributed by atoms with E-state index in [1.807, 2.05) is 55.5 Å². The molecule has 0 atom stereocenters. The van der Waals surface area contributed by atoms with E-state index in [-0.39, 0.29) is 5.91 Å². The summed E-state index contributed by atoms with van der Waals surface area (Å²) >= 11 is 0. The van der Waals surface area contributed by atoms with Crippen LogP contribution in [0.5, 0.6) is 5.75 Å². The first-order valence-electron chi connectivity index (χ1n) is 9.11. The van der Waals surface area contributed by atoms with Gasteiger partial charge in [-0.15, -0.1) is 0 Å². The molecule has 0 saturated carbocycles. The van der Waals surface area contributed by atoms with Gasteiger partial charge >= 0.3 is 0 Å². The predicted molar refractivity (Wildman–Crippen MR) is 110 cm³/mol. The summed E-state index contributed by atoms with van der Waals surface area (Å²) in [6, 6.07) is 19.3. The molecular weight excluding hydrogens is 354 g/mol. The van der Waals surface area contributed by atoms with Crippen LogP contribution in [0, 0.1) is 6.92 Å². The molecule has 1 aromatic heterocycles. The van der Waals surface area contributed by atoms with E-state index in [0.29, 0.717) is 24.7 Å². The molecule has 4 aromatic rings. The molecule has 0 fully saturated rings. The van der Waals surface area contributed by atoms with E-state index in [4.69, 9.17) is 13.9 Å². The minimum atomic E-state index is -0.272. The molecule has 1 N–H and O–H groups in total. The minimum Gasteiger partial charge on any atom is -0.491 e. The highest BCUT2D eigenvalue weighted by Gasteiger charge is 2.19. The van der Waals surface area contributed by atoms with Gasteiger partial charge in [0, 0.05) is 29.1 Å². The maximum atomic E-state index is 12.8. The van der Waals surface area contributed by atoms with Gasteiger partial charge in [-0.1, -0.05) is 36.4 Å². The number of amides is 1. The van der Waals surface area contributed by atoms with Crippen molar-refractivity contribution in [3.63, 3.8) is 0 Å². The van der Waals surface area contributed by atoms with Gasteiger partial charge in [-0.2, -0.15) is 0 Å². The highest BCUT2D eigenvalue weighted by Crippen LogP contribution is 2.32. The number of ether oxygens (including phenoxy) is 2. The number of nitrogens with one attached hydrogen (secondary N) is 1. The standard InChI is InChI=1S/C23H21NO4/c1-15-19-12-7-16-5-3-4-6-20(16)22(19)28-21(15)23(25)24-17-8-10-18(11-9-17)27-14-13-26-2/h3-12H,13-14H2,1-2H3,(H,24,25). The van der Waals surface area contributed by atoms with Gasteiger partial charge in [-0.05, 0) is 36.6 Å². The molecule has 0 aliphatic rings. The Morgan fingerprint density at radius 3 is 2.54 bits per heavy atom. The Hall–Kier alpha value is -3.31. The van der Waals surface area contributed by atoms with Gasteiger partial charge < -0.3 is 19.2 Å². The monoisotopic (exact) mass is 375 g/mol. The molecule has 5 heteroatoms. The first kappa shape index (κ1) is 18.1. The number of benzene rings is 3. The molecule has 0 saturated heterocycles. The summed E-state index contributed by atoms with van der Waals surface area (Å²) in [5.41, 5.74) is 2.24. The molecule has 0 spiro atoms. The van der Waals surface area contributed by atoms with E-state index in [1.165, 1.54) is 0 Å². The lowest BCUT2D eigenvalue weighted by Crippen LogP contribution is -2.12. The lowest BCUT2D eigenvalue weighted by Gasteiger charge is -2.07. The van der Waals surface area contributed by atoms with Gasteiger partial charge in [0.15, 0.2) is 5.76 Å². The zero-order chi connectivity index (χ0) is 19.5. The van der Waals surface area contributed by atoms with E-state index < -0.39 is 0 Å². The fourth-order valence-corrected chi connectivity index (χ4v) is 3.23. The molecule has 3 aromatic carbocycles. The smallest absolute Gasteiger partial charge is 0.291 e. The van der Waals surface area contributed by atoms with Crippen LogP contribution in [-0.4, -0.2) is 26.2 Å². The van der Waals surface area contributed by atoms with Crippen LogP contribution in [0.3, 0.4) is 0 Å². The number of hydrogen-bond acceptors (Lipinski definition) is 4. The van der Waals surface area contributed by atoms with Gasteiger partial charge in [0.25, 0.3) is 5.91 Å². The van der Waals surface area contributed by atoms with E-state index in [2.05, 4.69) is 5.32 Å². The van der Waals surface area contributed by atoms with Gasteiger partial charge in [-0.3, -0.25) is 4.79 Å². The molecule has 0 aliphatic heterocycles. The zero-order valence-corrected chi connectivity index (χ0v) is 15.8. The second-order valence-corrected chi connectivity index (χ2v) is 6.54. The average molecular weight is 375 g/mol. The van der Waals surface area contributed by atoms with Crippen LogP contribution in [0.1, 0.15) is 16.1 Å². The van der Waals surface area contributed by atoms with Crippen molar-refractivity contribution in [2.24, 2.45) is 0 Å². The number of anilines is 1. The fourth-order valence-electron chi connectivity index (χ4n) is 3.23. The molecule has 142 valence electrons. The molecule has 0 radical (unpaired) electrons. The van der Waals surface area contributed by atoms with E-state index in [1.54, 1.807) is 19.2 Å².